The molecule has 0 saturated heterocycles. The number of rotatable bonds is 2. The molecule has 0 saturated carbocycles. The van der Waals surface area contributed by atoms with Crippen molar-refractivity contribution in [1.82, 2.24) is 0 Å². The molecule has 16 heavy (non-hydrogen) atoms. The molecule has 0 fully saturated rings. The largest absolute Gasteiger partial charge is 0.320 e. The first-order valence-corrected chi connectivity index (χ1v) is 6.52. The highest BCUT2D eigenvalue weighted by molar-refractivity contribution is 9.10. The molecular formula is C11H8BrClFNS. The molecule has 2 rings (SSSR count). The van der Waals surface area contributed by atoms with Gasteiger partial charge in [0.2, 0.25) is 0 Å². The van der Waals surface area contributed by atoms with Crippen molar-refractivity contribution in [3.63, 3.8) is 0 Å². The van der Waals surface area contributed by atoms with Gasteiger partial charge in [0.15, 0.2) is 0 Å². The summed E-state index contributed by atoms with van der Waals surface area (Å²) in [4.78, 5) is 0.923. The molecule has 0 amide bonds. The molecule has 0 radical (unpaired) electrons. The molecule has 0 aliphatic rings. The zero-order valence-corrected chi connectivity index (χ0v) is 11.2. The van der Waals surface area contributed by atoms with E-state index < -0.39 is 0 Å². The summed E-state index contributed by atoms with van der Waals surface area (Å²) in [5.41, 5.74) is 6.75. The first-order valence-electron chi connectivity index (χ1n) is 4.53. The topological polar surface area (TPSA) is 26.0 Å². The minimum Gasteiger partial charge on any atom is -0.320 e. The average molecular weight is 321 g/mol. The van der Waals surface area contributed by atoms with Crippen LogP contribution in [-0.4, -0.2) is 0 Å². The highest BCUT2D eigenvalue weighted by atomic mass is 79.9. The summed E-state index contributed by atoms with van der Waals surface area (Å²) in [6.07, 6.45) is 0. The lowest BCUT2D eigenvalue weighted by atomic mass is 10.1. The summed E-state index contributed by atoms with van der Waals surface area (Å²) in [7, 11) is 0. The minimum absolute atomic E-state index is 0.310. The Hall–Kier alpha value is -0.420. The van der Waals surface area contributed by atoms with E-state index in [4.69, 9.17) is 17.3 Å². The minimum atomic E-state index is -0.333. The van der Waals surface area contributed by atoms with Crippen LogP contribution in [0.4, 0.5) is 4.39 Å². The van der Waals surface area contributed by atoms with Gasteiger partial charge in [0.05, 0.1) is 14.9 Å². The van der Waals surface area contributed by atoms with Crippen LogP contribution < -0.4 is 5.73 Å². The van der Waals surface area contributed by atoms with E-state index in [1.54, 1.807) is 18.2 Å². The maximum absolute atomic E-state index is 13.3. The lowest BCUT2D eigenvalue weighted by Gasteiger charge is -2.10. The van der Waals surface area contributed by atoms with E-state index in [9.17, 15) is 4.39 Å². The number of nitrogens with two attached hydrogens (primary N) is 1. The van der Waals surface area contributed by atoms with Gasteiger partial charge >= 0.3 is 0 Å². The summed E-state index contributed by atoms with van der Waals surface area (Å²) in [5, 5.41) is 0. The van der Waals surface area contributed by atoms with E-state index in [-0.39, 0.29) is 11.9 Å². The van der Waals surface area contributed by atoms with Crippen LogP contribution in [0.3, 0.4) is 0 Å². The van der Waals surface area contributed by atoms with Gasteiger partial charge in [0, 0.05) is 4.88 Å². The SMILES string of the molecule is NC(c1ccc(Br)c(F)c1)c1ccc(Cl)s1. The second-order valence-corrected chi connectivity index (χ2v) is 5.89. The molecule has 0 aliphatic heterocycles. The summed E-state index contributed by atoms with van der Waals surface area (Å²) < 4.78 is 14.5. The number of halogens is 3. The normalized spacial score (nSPS) is 12.8. The monoisotopic (exact) mass is 319 g/mol. The Balaban J connectivity index is 2.33. The fraction of sp³-hybridized carbons (Fsp3) is 0.0909. The second kappa shape index (κ2) is 4.84. The van der Waals surface area contributed by atoms with Gasteiger partial charge in [-0.25, -0.2) is 4.39 Å². The molecule has 1 unspecified atom stereocenters. The van der Waals surface area contributed by atoms with E-state index in [0.29, 0.717) is 8.81 Å². The molecule has 1 nitrogen and oxygen atoms in total. The smallest absolute Gasteiger partial charge is 0.137 e. The van der Waals surface area contributed by atoms with Gasteiger partial charge in [0.1, 0.15) is 5.82 Å². The van der Waals surface area contributed by atoms with Crippen molar-refractivity contribution in [3.8, 4) is 0 Å². The van der Waals surface area contributed by atoms with Crippen LogP contribution in [0.1, 0.15) is 16.5 Å². The van der Waals surface area contributed by atoms with E-state index in [0.717, 1.165) is 10.4 Å². The third-order valence-corrected chi connectivity index (χ3v) is 4.16. The second-order valence-electron chi connectivity index (χ2n) is 3.29. The zero-order valence-electron chi connectivity index (χ0n) is 8.08. The van der Waals surface area contributed by atoms with Crippen molar-refractivity contribution >= 4 is 38.9 Å². The van der Waals surface area contributed by atoms with Crippen molar-refractivity contribution in [1.29, 1.82) is 0 Å². The lowest BCUT2D eigenvalue weighted by Crippen LogP contribution is -2.10. The van der Waals surface area contributed by atoms with Crippen molar-refractivity contribution in [3.05, 3.63) is 55.4 Å². The zero-order chi connectivity index (χ0) is 11.7. The highest BCUT2D eigenvalue weighted by Gasteiger charge is 2.12. The fourth-order valence-corrected chi connectivity index (χ4v) is 2.70. The molecule has 1 atom stereocenters. The summed E-state index contributed by atoms with van der Waals surface area (Å²) in [5.74, 6) is -0.310. The number of thiophene rings is 1. The molecular weight excluding hydrogens is 313 g/mol. The van der Waals surface area contributed by atoms with Crippen LogP contribution in [0, 0.1) is 5.82 Å². The van der Waals surface area contributed by atoms with E-state index >= 15 is 0 Å². The Morgan fingerprint density at radius 2 is 2.06 bits per heavy atom. The third-order valence-electron chi connectivity index (χ3n) is 2.20. The fourth-order valence-electron chi connectivity index (χ4n) is 1.37. The van der Waals surface area contributed by atoms with Crippen LogP contribution in [0.25, 0.3) is 0 Å². The third kappa shape index (κ3) is 2.46. The Morgan fingerprint density at radius 1 is 1.31 bits per heavy atom. The standard InChI is InChI=1S/C11H8BrClFNS/c12-7-2-1-6(5-8(7)14)11(15)9-3-4-10(13)16-9/h1-5,11H,15H2. The maximum atomic E-state index is 13.3. The molecule has 0 aliphatic carbocycles. The van der Waals surface area contributed by atoms with Crippen LogP contribution in [0.5, 0.6) is 0 Å². The van der Waals surface area contributed by atoms with E-state index in [1.807, 2.05) is 6.07 Å². The first-order chi connectivity index (χ1) is 7.58. The van der Waals surface area contributed by atoms with Crippen LogP contribution in [0.15, 0.2) is 34.8 Å². The lowest BCUT2D eigenvalue weighted by molar-refractivity contribution is 0.617. The Morgan fingerprint density at radius 3 is 2.62 bits per heavy atom. The molecule has 84 valence electrons. The highest BCUT2D eigenvalue weighted by Crippen LogP contribution is 2.30. The quantitative estimate of drug-likeness (QED) is 0.874. The predicted molar refractivity (Wildman–Crippen MR) is 69.5 cm³/mol. The Labute approximate surface area is 110 Å². The van der Waals surface area contributed by atoms with Crippen molar-refractivity contribution in [2.75, 3.05) is 0 Å². The molecule has 2 N–H and O–H groups in total. The Kier molecular flexibility index (Phi) is 3.64. The van der Waals surface area contributed by atoms with E-state index in [2.05, 4.69) is 15.9 Å². The van der Waals surface area contributed by atoms with Gasteiger partial charge < -0.3 is 5.73 Å². The summed E-state index contributed by atoms with van der Waals surface area (Å²) in [6, 6.07) is 8.20. The van der Waals surface area contributed by atoms with Gasteiger partial charge in [-0.15, -0.1) is 11.3 Å². The van der Waals surface area contributed by atoms with Crippen molar-refractivity contribution < 1.29 is 4.39 Å². The summed E-state index contributed by atoms with van der Waals surface area (Å²) >= 11 is 10.3. The Bertz CT molecular complexity index is 514. The van der Waals surface area contributed by atoms with Gasteiger partial charge in [-0.05, 0) is 45.8 Å². The number of hydrogen-bond acceptors (Lipinski definition) is 2. The predicted octanol–water partition coefficient (Wildman–Crippen LogP) is 4.35. The molecule has 5 heteroatoms. The van der Waals surface area contributed by atoms with Gasteiger partial charge in [-0.3, -0.25) is 0 Å². The maximum Gasteiger partial charge on any atom is 0.137 e. The molecule has 1 heterocycles. The molecule has 2 aromatic rings. The average Bonchev–Trinajstić information content (AvgIpc) is 2.68. The van der Waals surface area contributed by atoms with Crippen molar-refractivity contribution in [2.45, 2.75) is 6.04 Å². The van der Waals surface area contributed by atoms with Gasteiger partial charge in [-0.2, -0.15) is 0 Å². The number of benzene rings is 1. The van der Waals surface area contributed by atoms with E-state index in [1.165, 1.54) is 17.4 Å². The van der Waals surface area contributed by atoms with Gasteiger partial charge in [0.25, 0.3) is 0 Å². The van der Waals surface area contributed by atoms with Crippen LogP contribution in [0.2, 0.25) is 4.34 Å². The molecule has 1 aromatic heterocycles. The van der Waals surface area contributed by atoms with Crippen LogP contribution in [-0.2, 0) is 0 Å². The first kappa shape index (κ1) is 12.0. The van der Waals surface area contributed by atoms with Crippen LogP contribution >= 0.6 is 38.9 Å². The summed E-state index contributed by atoms with van der Waals surface area (Å²) in [6.45, 7) is 0. The van der Waals surface area contributed by atoms with Crippen molar-refractivity contribution in [2.24, 2.45) is 5.73 Å². The molecule has 1 aromatic carbocycles. The number of hydrogen-bond donors (Lipinski definition) is 1. The van der Waals surface area contributed by atoms with Gasteiger partial charge in [-0.1, -0.05) is 17.7 Å². The molecule has 0 bridgehead atoms. The molecule has 0 spiro atoms.